The van der Waals surface area contributed by atoms with Gasteiger partial charge < -0.3 is 19.6 Å². The van der Waals surface area contributed by atoms with Gasteiger partial charge in [0.25, 0.3) is 0 Å². The van der Waals surface area contributed by atoms with Gasteiger partial charge in [0.15, 0.2) is 0 Å². The lowest BCUT2D eigenvalue weighted by atomic mass is 10.1. The second kappa shape index (κ2) is 8.26. The summed E-state index contributed by atoms with van der Waals surface area (Å²) in [7, 11) is -0.337. The van der Waals surface area contributed by atoms with Crippen LogP contribution in [0.25, 0.3) is 0 Å². The maximum absolute atomic E-state index is 12.2. The number of ether oxygens (including phenoxy) is 1. The van der Waals surface area contributed by atoms with Gasteiger partial charge in [-0.2, -0.15) is 4.98 Å². The molecule has 1 N–H and O–H groups in total. The molecule has 1 aromatic heterocycles. The van der Waals surface area contributed by atoms with E-state index >= 15 is 0 Å². The van der Waals surface area contributed by atoms with Crippen LogP contribution in [0.15, 0.2) is 6.07 Å². The molecule has 27 heavy (non-hydrogen) atoms. The number of rotatable bonds is 6. The average molecular weight is 400 g/mol. The van der Waals surface area contributed by atoms with Gasteiger partial charge in [0.2, 0.25) is 16.0 Å². The van der Waals surface area contributed by atoms with Gasteiger partial charge in [-0.1, -0.05) is 6.92 Å². The molecule has 3 rings (SSSR count). The average Bonchev–Trinajstić information content (AvgIpc) is 3.02. The summed E-state index contributed by atoms with van der Waals surface area (Å²) in [5.74, 6) is 1.00. The monoisotopic (exact) mass is 399 g/mol. The third-order valence-corrected chi connectivity index (χ3v) is 7.08. The fourth-order valence-electron chi connectivity index (χ4n) is 3.34. The lowest BCUT2D eigenvalue weighted by Crippen LogP contribution is -2.38. The summed E-state index contributed by atoms with van der Waals surface area (Å²) in [6.07, 6.45) is 0.0772. The number of hydrogen-bond acceptors (Lipinski definition) is 8. The maximum Gasteiger partial charge on any atom is 0.227 e. The molecule has 2 saturated heterocycles. The number of morpholine rings is 1. The highest BCUT2D eigenvalue weighted by atomic mass is 32.2. The molecule has 0 spiro atoms. The highest BCUT2D eigenvalue weighted by Gasteiger charge is 2.36. The van der Waals surface area contributed by atoms with E-state index in [-0.39, 0.29) is 11.7 Å². The number of β-amino-alcohol motifs (C(OH)–C–C–N with tert-alkyl or cyclic N) is 1. The Morgan fingerprint density at radius 3 is 2.56 bits per heavy atom. The van der Waals surface area contributed by atoms with Crippen molar-refractivity contribution in [2.45, 2.75) is 19.4 Å². The summed E-state index contributed by atoms with van der Waals surface area (Å²) in [5.41, 5.74) is 0.931. The summed E-state index contributed by atoms with van der Waals surface area (Å²) in [6.45, 7) is 5.68. The first-order chi connectivity index (χ1) is 12.8. The summed E-state index contributed by atoms with van der Waals surface area (Å²) < 4.78 is 31.0. The van der Waals surface area contributed by atoms with Crippen molar-refractivity contribution in [2.24, 2.45) is 5.92 Å². The highest BCUT2D eigenvalue weighted by Crippen LogP contribution is 2.26. The highest BCUT2D eigenvalue weighted by molar-refractivity contribution is 7.89. The van der Waals surface area contributed by atoms with Crippen LogP contribution in [0.5, 0.6) is 0 Å². The van der Waals surface area contributed by atoms with Gasteiger partial charge in [-0.15, -0.1) is 0 Å². The number of anilines is 2. The summed E-state index contributed by atoms with van der Waals surface area (Å²) in [4.78, 5) is 13.4. The zero-order valence-corrected chi connectivity index (χ0v) is 17.0. The first kappa shape index (κ1) is 20.2. The number of aryl methyl sites for hydroxylation is 1. The van der Waals surface area contributed by atoms with Crippen LogP contribution in [-0.4, -0.2) is 93.1 Å². The van der Waals surface area contributed by atoms with Crippen molar-refractivity contribution in [3.05, 3.63) is 11.8 Å². The van der Waals surface area contributed by atoms with E-state index in [4.69, 9.17) is 9.72 Å². The van der Waals surface area contributed by atoms with Crippen LogP contribution in [-0.2, 0) is 21.2 Å². The molecular formula is C17H29N5O4S. The Labute approximate surface area is 161 Å². The molecule has 152 valence electrons. The zero-order chi connectivity index (χ0) is 19.6. The Kier molecular flexibility index (Phi) is 6.19. The zero-order valence-electron chi connectivity index (χ0n) is 16.2. The number of sulfonamides is 1. The van der Waals surface area contributed by atoms with Crippen molar-refractivity contribution in [1.29, 1.82) is 0 Å². The van der Waals surface area contributed by atoms with Crippen molar-refractivity contribution in [3.8, 4) is 0 Å². The predicted octanol–water partition coefficient (Wildman–Crippen LogP) is -0.436. The normalized spacial score (nSPS) is 24.0. The molecule has 0 radical (unpaired) electrons. The van der Waals surface area contributed by atoms with Crippen LogP contribution in [0.4, 0.5) is 11.8 Å². The molecular weight excluding hydrogens is 370 g/mol. The molecule has 0 amide bonds. The van der Waals surface area contributed by atoms with Crippen molar-refractivity contribution < 1.29 is 18.3 Å². The van der Waals surface area contributed by atoms with Crippen molar-refractivity contribution in [3.63, 3.8) is 0 Å². The van der Waals surface area contributed by atoms with Crippen molar-refractivity contribution in [1.82, 2.24) is 14.3 Å². The molecule has 0 aliphatic carbocycles. The fourth-order valence-corrected chi connectivity index (χ4v) is 4.51. The lowest BCUT2D eigenvalue weighted by Gasteiger charge is -2.28. The number of aromatic nitrogens is 2. The first-order valence-corrected chi connectivity index (χ1v) is 10.9. The second-order valence-corrected chi connectivity index (χ2v) is 9.49. The van der Waals surface area contributed by atoms with E-state index in [0.717, 1.165) is 31.0 Å². The third kappa shape index (κ3) is 4.68. The van der Waals surface area contributed by atoms with Crippen LogP contribution in [0, 0.1) is 5.92 Å². The minimum absolute atomic E-state index is 0.0697. The molecule has 0 aromatic carbocycles. The number of aliphatic hydroxyl groups is 1. The van der Waals surface area contributed by atoms with Crippen molar-refractivity contribution >= 4 is 21.8 Å². The number of aliphatic hydroxyl groups excluding tert-OH is 1. The van der Waals surface area contributed by atoms with E-state index in [9.17, 15) is 13.5 Å². The smallest absolute Gasteiger partial charge is 0.227 e. The largest absolute Gasteiger partial charge is 0.391 e. The van der Waals surface area contributed by atoms with E-state index in [1.54, 1.807) is 0 Å². The molecule has 2 fully saturated rings. The second-order valence-electron chi connectivity index (χ2n) is 7.26. The first-order valence-electron chi connectivity index (χ1n) is 9.34. The van der Waals surface area contributed by atoms with E-state index < -0.39 is 16.1 Å². The van der Waals surface area contributed by atoms with Gasteiger partial charge in [-0.3, -0.25) is 0 Å². The molecule has 0 bridgehead atoms. The SMILES string of the molecule is CCc1cc(N2C[C@@H](CS(=O)(=O)N(C)C)[C@@H](O)C2)nc(N2CCOCC2)n1. The Hall–Kier alpha value is -1.49. The Morgan fingerprint density at radius 2 is 1.93 bits per heavy atom. The molecule has 2 aliphatic heterocycles. The predicted molar refractivity (Wildman–Crippen MR) is 104 cm³/mol. The summed E-state index contributed by atoms with van der Waals surface area (Å²) >= 11 is 0. The molecule has 10 heteroatoms. The van der Waals surface area contributed by atoms with Crippen LogP contribution < -0.4 is 9.80 Å². The minimum atomic E-state index is -3.37. The van der Waals surface area contributed by atoms with Crippen molar-refractivity contribution in [2.75, 3.05) is 69.0 Å². The Balaban J connectivity index is 1.79. The van der Waals surface area contributed by atoms with Crippen LogP contribution in [0.2, 0.25) is 0 Å². The maximum atomic E-state index is 12.2. The van der Waals surface area contributed by atoms with Crippen LogP contribution in [0.1, 0.15) is 12.6 Å². The molecule has 3 heterocycles. The van der Waals surface area contributed by atoms with Crippen LogP contribution >= 0.6 is 0 Å². The lowest BCUT2D eigenvalue weighted by molar-refractivity contribution is 0.122. The van der Waals surface area contributed by atoms with E-state index in [0.29, 0.717) is 32.3 Å². The summed E-state index contributed by atoms with van der Waals surface area (Å²) in [6, 6.07) is 1.93. The molecule has 1 aromatic rings. The van der Waals surface area contributed by atoms with Gasteiger partial charge in [0.1, 0.15) is 5.82 Å². The Bertz CT molecular complexity index is 752. The molecule has 0 saturated carbocycles. The van der Waals surface area contributed by atoms with E-state index in [1.807, 2.05) is 17.9 Å². The Morgan fingerprint density at radius 1 is 1.22 bits per heavy atom. The molecule has 9 nitrogen and oxygen atoms in total. The number of hydrogen-bond donors (Lipinski definition) is 1. The molecule has 2 atom stereocenters. The van der Waals surface area contributed by atoms with Gasteiger partial charge in [0.05, 0.1) is 25.1 Å². The fraction of sp³-hybridized carbons (Fsp3) is 0.765. The van der Waals surface area contributed by atoms with Gasteiger partial charge in [-0.05, 0) is 6.42 Å². The number of nitrogens with zero attached hydrogens (tertiary/aromatic N) is 5. The summed E-state index contributed by atoms with van der Waals surface area (Å²) in [5, 5.41) is 10.4. The standard InChI is InChI=1S/C17H29N5O4S/c1-4-14-9-16(19-17(18-14)21-5-7-26-8-6-21)22-10-13(15(23)11-22)12-27(24,25)20(2)3/h9,13,15,23H,4-8,10-12H2,1-3H3/t13-,15-/m0/s1. The molecule has 0 unspecified atom stereocenters. The van der Waals surface area contributed by atoms with Gasteiger partial charge in [-0.25, -0.2) is 17.7 Å². The van der Waals surface area contributed by atoms with E-state index in [2.05, 4.69) is 9.88 Å². The quantitative estimate of drug-likeness (QED) is 0.688. The topological polar surface area (TPSA) is 99.1 Å². The van der Waals surface area contributed by atoms with Crippen LogP contribution in [0.3, 0.4) is 0 Å². The van der Waals surface area contributed by atoms with Gasteiger partial charge in [0, 0.05) is 58.0 Å². The minimum Gasteiger partial charge on any atom is -0.391 e. The third-order valence-electron chi connectivity index (χ3n) is 5.12. The molecule has 2 aliphatic rings. The van der Waals surface area contributed by atoms with Gasteiger partial charge >= 0.3 is 0 Å². The van der Waals surface area contributed by atoms with E-state index in [1.165, 1.54) is 18.4 Å².